The van der Waals surface area contributed by atoms with E-state index in [1.54, 1.807) is 44.3 Å². The first-order valence-electron chi connectivity index (χ1n) is 10.3. The van der Waals surface area contributed by atoms with E-state index in [1.807, 2.05) is 19.9 Å². The molecule has 166 valence electrons. The van der Waals surface area contributed by atoms with Crippen molar-refractivity contribution in [3.63, 3.8) is 0 Å². The Morgan fingerprint density at radius 3 is 2.29 bits per heavy atom. The molecule has 0 bridgehead atoms. The van der Waals surface area contributed by atoms with Gasteiger partial charge in [0.05, 0.1) is 4.90 Å². The third kappa shape index (κ3) is 4.80. The normalized spacial score (nSPS) is 15.5. The number of hydrogen-bond donors (Lipinski definition) is 2. The summed E-state index contributed by atoms with van der Waals surface area (Å²) in [6.07, 6.45) is 0.897. The van der Waals surface area contributed by atoms with E-state index in [4.69, 9.17) is 0 Å². The zero-order valence-electron chi connectivity index (χ0n) is 18.4. The Labute approximate surface area is 183 Å². The fourth-order valence-electron chi connectivity index (χ4n) is 3.77. The lowest BCUT2D eigenvalue weighted by Crippen LogP contribution is -2.41. The molecule has 3 rings (SSSR count). The summed E-state index contributed by atoms with van der Waals surface area (Å²) in [6, 6.07) is 10.4. The predicted molar refractivity (Wildman–Crippen MR) is 121 cm³/mol. The van der Waals surface area contributed by atoms with Crippen LogP contribution in [0.1, 0.15) is 39.9 Å². The number of carbonyl (C=O) groups excluding carboxylic acids is 2. The summed E-state index contributed by atoms with van der Waals surface area (Å²) >= 11 is 0. The van der Waals surface area contributed by atoms with Gasteiger partial charge in [-0.3, -0.25) is 9.59 Å². The van der Waals surface area contributed by atoms with Gasteiger partial charge in [-0.1, -0.05) is 12.1 Å². The van der Waals surface area contributed by atoms with Crippen LogP contribution >= 0.6 is 0 Å². The molecule has 1 aliphatic rings. The van der Waals surface area contributed by atoms with E-state index in [0.717, 1.165) is 11.1 Å². The van der Waals surface area contributed by atoms with Crippen molar-refractivity contribution in [2.45, 2.75) is 38.5 Å². The van der Waals surface area contributed by atoms with Gasteiger partial charge in [-0.2, -0.15) is 4.31 Å². The first kappa shape index (κ1) is 23.0. The molecule has 2 N–H and O–H groups in total. The average Bonchev–Trinajstić information content (AvgIpc) is 2.76. The molecule has 31 heavy (non-hydrogen) atoms. The highest BCUT2D eigenvalue weighted by Gasteiger charge is 2.32. The molecule has 0 radical (unpaired) electrons. The van der Waals surface area contributed by atoms with Gasteiger partial charge in [0.2, 0.25) is 15.9 Å². The van der Waals surface area contributed by atoms with E-state index in [2.05, 4.69) is 10.6 Å². The summed E-state index contributed by atoms with van der Waals surface area (Å²) in [6.45, 7) is 6.22. The standard InChI is InChI=1S/C23H29N3O4S/c1-15-8-9-19(14-16(15)2)31(29,30)26-12-10-18(11-13-26)22(27)25-21-7-5-6-20(17(21)3)23(28)24-4/h5-9,14,18H,10-13H2,1-4H3,(H,24,28)(H,25,27). The Morgan fingerprint density at radius 2 is 1.68 bits per heavy atom. The number of rotatable bonds is 5. The number of hydrogen-bond acceptors (Lipinski definition) is 4. The van der Waals surface area contributed by atoms with Gasteiger partial charge in [0, 0.05) is 37.3 Å². The number of sulfonamides is 1. The molecule has 1 fully saturated rings. The molecule has 1 heterocycles. The lowest BCUT2D eigenvalue weighted by molar-refractivity contribution is -0.120. The van der Waals surface area contributed by atoms with Gasteiger partial charge in [0.15, 0.2) is 0 Å². The van der Waals surface area contributed by atoms with Crippen LogP contribution in [0.25, 0.3) is 0 Å². The van der Waals surface area contributed by atoms with E-state index < -0.39 is 10.0 Å². The smallest absolute Gasteiger partial charge is 0.251 e. The van der Waals surface area contributed by atoms with Crippen LogP contribution in [0.4, 0.5) is 5.69 Å². The van der Waals surface area contributed by atoms with Crippen molar-refractivity contribution in [3.05, 3.63) is 58.7 Å². The van der Waals surface area contributed by atoms with Gasteiger partial charge in [-0.25, -0.2) is 8.42 Å². The number of nitrogens with zero attached hydrogens (tertiary/aromatic N) is 1. The molecule has 2 aromatic rings. The molecular weight excluding hydrogens is 414 g/mol. The molecule has 2 aromatic carbocycles. The van der Waals surface area contributed by atoms with Crippen LogP contribution in [-0.4, -0.2) is 44.7 Å². The van der Waals surface area contributed by atoms with E-state index >= 15 is 0 Å². The number of benzene rings is 2. The monoisotopic (exact) mass is 443 g/mol. The van der Waals surface area contributed by atoms with Crippen molar-refractivity contribution in [3.8, 4) is 0 Å². The fraction of sp³-hybridized carbons (Fsp3) is 0.391. The van der Waals surface area contributed by atoms with Crippen LogP contribution in [0.3, 0.4) is 0 Å². The van der Waals surface area contributed by atoms with Gasteiger partial charge in [-0.15, -0.1) is 0 Å². The number of carbonyl (C=O) groups is 2. The minimum Gasteiger partial charge on any atom is -0.355 e. The predicted octanol–water partition coefficient (Wildman–Crippen LogP) is 3.01. The maximum absolute atomic E-state index is 13.0. The fourth-order valence-corrected chi connectivity index (χ4v) is 5.32. The molecule has 8 heteroatoms. The van der Waals surface area contributed by atoms with Gasteiger partial charge < -0.3 is 10.6 Å². The minimum atomic E-state index is -3.58. The van der Waals surface area contributed by atoms with Crippen molar-refractivity contribution in [2.24, 2.45) is 5.92 Å². The Kier molecular flexibility index (Phi) is 6.81. The summed E-state index contributed by atoms with van der Waals surface area (Å²) in [5, 5.41) is 5.50. The van der Waals surface area contributed by atoms with E-state index in [9.17, 15) is 18.0 Å². The third-order valence-corrected chi connectivity index (χ3v) is 7.90. The Balaban J connectivity index is 1.66. The average molecular weight is 444 g/mol. The number of nitrogens with one attached hydrogen (secondary N) is 2. The summed E-state index contributed by atoms with van der Waals surface area (Å²) in [5.74, 6) is -0.645. The highest BCUT2D eigenvalue weighted by molar-refractivity contribution is 7.89. The number of piperidine rings is 1. The first-order chi connectivity index (χ1) is 14.6. The summed E-state index contributed by atoms with van der Waals surface area (Å²) in [4.78, 5) is 25.1. The maximum Gasteiger partial charge on any atom is 0.251 e. The number of amides is 2. The zero-order chi connectivity index (χ0) is 22.8. The molecule has 2 amide bonds. The van der Waals surface area contributed by atoms with Crippen LogP contribution in [0.15, 0.2) is 41.3 Å². The molecule has 1 aliphatic heterocycles. The first-order valence-corrected chi connectivity index (χ1v) is 11.8. The molecule has 0 unspecified atom stereocenters. The number of aryl methyl sites for hydroxylation is 2. The second-order valence-corrected chi connectivity index (χ2v) is 9.91. The molecule has 0 aromatic heterocycles. The highest BCUT2D eigenvalue weighted by Crippen LogP contribution is 2.27. The molecule has 0 atom stereocenters. The second kappa shape index (κ2) is 9.20. The summed E-state index contributed by atoms with van der Waals surface area (Å²) in [5.41, 5.74) is 3.78. The number of anilines is 1. The SMILES string of the molecule is CNC(=O)c1cccc(NC(=O)C2CCN(S(=O)(=O)c3ccc(C)c(C)c3)CC2)c1C. The van der Waals surface area contributed by atoms with Crippen LogP contribution < -0.4 is 10.6 Å². The lowest BCUT2D eigenvalue weighted by Gasteiger charge is -2.30. The van der Waals surface area contributed by atoms with Crippen molar-refractivity contribution in [1.29, 1.82) is 0 Å². The van der Waals surface area contributed by atoms with Gasteiger partial charge >= 0.3 is 0 Å². The molecule has 1 saturated heterocycles. The third-order valence-electron chi connectivity index (χ3n) is 6.00. The Hall–Kier alpha value is -2.71. The second-order valence-electron chi connectivity index (χ2n) is 7.97. The van der Waals surface area contributed by atoms with Crippen LogP contribution in [-0.2, 0) is 14.8 Å². The van der Waals surface area contributed by atoms with E-state index in [0.29, 0.717) is 47.6 Å². The quantitative estimate of drug-likeness (QED) is 0.743. The minimum absolute atomic E-state index is 0.152. The molecule has 0 saturated carbocycles. The van der Waals surface area contributed by atoms with Crippen molar-refractivity contribution >= 4 is 27.5 Å². The van der Waals surface area contributed by atoms with Gasteiger partial charge in [0.25, 0.3) is 5.91 Å². The van der Waals surface area contributed by atoms with Crippen LogP contribution in [0.2, 0.25) is 0 Å². The topological polar surface area (TPSA) is 95.6 Å². The maximum atomic E-state index is 13.0. The van der Waals surface area contributed by atoms with Crippen molar-refractivity contribution in [1.82, 2.24) is 9.62 Å². The van der Waals surface area contributed by atoms with E-state index in [1.165, 1.54) is 4.31 Å². The largest absolute Gasteiger partial charge is 0.355 e. The molecule has 0 spiro atoms. The van der Waals surface area contributed by atoms with E-state index in [-0.39, 0.29) is 17.7 Å². The summed E-state index contributed by atoms with van der Waals surface area (Å²) < 4.78 is 27.4. The van der Waals surface area contributed by atoms with Crippen LogP contribution in [0.5, 0.6) is 0 Å². The zero-order valence-corrected chi connectivity index (χ0v) is 19.2. The molecule has 7 nitrogen and oxygen atoms in total. The van der Waals surface area contributed by atoms with Crippen molar-refractivity contribution < 1.29 is 18.0 Å². The van der Waals surface area contributed by atoms with Gasteiger partial charge in [-0.05, 0) is 74.6 Å². The molecule has 0 aliphatic carbocycles. The summed E-state index contributed by atoms with van der Waals surface area (Å²) in [7, 11) is -2.01. The van der Waals surface area contributed by atoms with Gasteiger partial charge in [0.1, 0.15) is 0 Å². The lowest BCUT2D eigenvalue weighted by atomic mass is 9.96. The highest BCUT2D eigenvalue weighted by atomic mass is 32.2. The Morgan fingerprint density at radius 1 is 1.00 bits per heavy atom. The van der Waals surface area contributed by atoms with Crippen LogP contribution in [0, 0.1) is 26.7 Å². The molecular formula is C23H29N3O4S. The Bertz CT molecular complexity index is 1100. The van der Waals surface area contributed by atoms with Crippen molar-refractivity contribution in [2.75, 3.05) is 25.5 Å².